The standard InChI is InChI=1S/C34H61N3O6S.HI/c1-6-8-10-11-12-13-14-15-16-17-18-19-20-21-22-23-24-35-32(39)42-26-31(41-5)27-43-34(40)37(30(4)38)33-36(25-9-7-2)29(3)28-44-33;/h28,31H,6-27H2,1-5H3;1H. The van der Waals surface area contributed by atoms with Crippen LogP contribution in [0.15, 0.2) is 5.38 Å². The number of thiazole rings is 1. The van der Waals surface area contributed by atoms with E-state index in [4.69, 9.17) is 14.2 Å². The van der Waals surface area contributed by atoms with Gasteiger partial charge in [-0.25, -0.2) is 14.2 Å². The quantitative estimate of drug-likeness (QED) is 0.0746. The van der Waals surface area contributed by atoms with Crippen molar-refractivity contribution in [3.8, 4) is 0 Å². The van der Waals surface area contributed by atoms with Gasteiger partial charge in [0.25, 0.3) is 0 Å². The maximum absolute atomic E-state index is 12.9. The molecule has 1 rings (SSSR count). The van der Waals surface area contributed by atoms with Gasteiger partial charge in [0.1, 0.15) is 25.0 Å². The molecule has 1 aromatic heterocycles. The van der Waals surface area contributed by atoms with E-state index in [9.17, 15) is 14.4 Å². The van der Waals surface area contributed by atoms with E-state index in [0.717, 1.165) is 36.3 Å². The first kappa shape index (κ1) is 43.5. The van der Waals surface area contributed by atoms with E-state index in [0.29, 0.717) is 18.2 Å². The molecule has 0 aromatic carbocycles. The number of halogens is 1. The minimum Gasteiger partial charge on any atom is -1.00 e. The van der Waals surface area contributed by atoms with Crippen molar-refractivity contribution in [1.29, 1.82) is 0 Å². The lowest BCUT2D eigenvalue weighted by atomic mass is 10.0. The van der Waals surface area contributed by atoms with Gasteiger partial charge < -0.3 is 43.5 Å². The lowest BCUT2D eigenvalue weighted by Crippen LogP contribution is -3.00. The first-order valence-electron chi connectivity index (χ1n) is 17.2. The Morgan fingerprint density at radius 3 is 1.78 bits per heavy atom. The summed E-state index contributed by atoms with van der Waals surface area (Å²) in [6, 6.07) is 0. The Morgan fingerprint density at radius 1 is 0.800 bits per heavy atom. The number of nitrogens with zero attached hydrogens (tertiary/aromatic N) is 2. The topological polar surface area (TPSA) is 98.0 Å². The fourth-order valence-electron chi connectivity index (χ4n) is 5.02. The Morgan fingerprint density at radius 2 is 1.29 bits per heavy atom. The molecule has 0 radical (unpaired) electrons. The SMILES string of the molecule is CCCCCCCCCCCCCCCCCCNC(=O)OCC(COC(=O)N(C(C)=O)c1scc(C)[n+]1CCCC)OC.[I-]. The Balaban J connectivity index is 0.0000194. The van der Waals surface area contributed by atoms with E-state index in [1.54, 1.807) is 0 Å². The van der Waals surface area contributed by atoms with Gasteiger partial charge in [0.2, 0.25) is 0 Å². The summed E-state index contributed by atoms with van der Waals surface area (Å²) in [4.78, 5) is 38.4. The van der Waals surface area contributed by atoms with E-state index in [-0.39, 0.29) is 37.2 Å². The third-order valence-electron chi connectivity index (χ3n) is 7.84. The van der Waals surface area contributed by atoms with Crippen molar-refractivity contribution < 1.29 is 57.1 Å². The van der Waals surface area contributed by atoms with E-state index in [2.05, 4.69) is 19.2 Å². The molecule has 0 aliphatic carbocycles. The fraction of sp³-hybridized carbons (Fsp3) is 0.824. The molecule has 45 heavy (non-hydrogen) atoms. The summed E-state index contributed by atoms with van der Waals surface area (Å²) >= 11 is 1.33. The number of ether oxygens (including phenoxy) is 3. The van der Waals surface area contributed by atoms with Gasteiger partial charge in [-0.2, -0.15) is 4.79 Å². The normalized spacial score (nSPS) is 11.5. The van der Waals surface area contributed by atoms with Crippen LogP contribution in [0.5, 0.6) is 0 Å². The van der Waals surface area contributed by atoms with Crippen LogP contribution in [0.1, 0.15) is 142 Å². The smallest absolute Gasteiger partial charge is 0.515 e. The second kappa shape index (κ2) is 28.7. The molecule has 0 saturated heterocycles. The summed E-state index contributed by atoms with van der Waals surface area (Å²) in [5.41, 5.74) is 0.978. The lowest BCUT2D eigenvalue weighted by Gasteiger charge is -2.17. The van der Waals surface area contributed by atoms with Crippen LogP contribution in [0.2, 0.25) is 0 Å². The van der Waals surface area contributed by atoms with Gasteiger partial charge >= 0.3 is 23.2 Å². The average Bonchev–Trinajstić information content (AvgIpc) is 3.36. The van der Waals surface area contributed by atoms with Crippen molar-refractivity contribution in [2.45, 2.75) is 156 Å². The van der Waals surface area contributed by atoms with Crippen molar-refractivity contribution in [2.75, 3.05) is 31.8 Å². The third kappa shape index (κ3) is 20.4. The summed E-state index contributed by atoms with van der Waals surface area (Å²) in [6.07, 6.45) is 20.9. The minimum atomic E-state index is -0.778. The Hall–Kier alpha value is -1.47. The van der Waals surface area contributed by atoms with Crippen molar-refractivity contribution in [1.82, 2.24) is 5.32 Å². The van der Waals surface area contributed by atoms with Crippen LogP contribution in [-0.2, 0) is 25.5 Å². The maximum atomic E-state index is 12.9. The third-order valence-corrected chi connectivity index (χ3v) is 8.91. The number of hydrogen-bond donors (Lipinski definition) is 1. The van der Waals surface area contributed by atoms with Crippen molar-refractivity contribution in [3.63, 3.8) is 0 Å². The number of anilines is 1. The predicted octanol–water partition coefficient (Wildman–Crippen LogP) is 5.64. The zero-order chi connectivity index (χ0) is 32.4. The van der Waals surface area contributed by atoms with Gasteiger partial charge in [-0.3, -0.25) is 0 Å². The molecule has 1 aromatic rings. The molecule has 0 bridgehead atoms. The average molecular weight is 768 g/mol. The van der Waals surface area contributed by atoms with Crippen molar-refractivity contribution >= 4 is 34.6 Å². The highest BCUT2D eigenvalue weighted by Crippen LogP contribution is 2.20. The van der Waals surface area contributed by atoms with Gasteiger partial charge in [0.05, 0.1) is 6.54 Å². The summed E-state index contributed by atoms with van der Waals surface area (Å²) < 4.78 is 17.9. The molecule has 9 nitrogen and oxygen atoms in total. The Labute approximate surface area is 294 Å². The number of aryl methyl sites for hydroxylation is 1. The van der Waals surface area contributed by atoms with E-state index >= 15 is 0 Å². The lowest BCUT2D eigenvalue weighted by molar-refractivity contribution is -0.686. The second-order valence-corrected chi connectivity index (χ2v) is 12.6. The number of rotatable bonds is 26. The molecular formula is C34H62IN3O6S. The highest BCUT2D eigenvalue weighted by Gasteiger charge is 2.36. The van der Waals surface area contributed by atoms with Crippen LogP contribution >= 0.6 is 11.3 Å². The summed E-state index contributed by atoms with van der Waals surface area (Å²) in [6.45, 7) is 8.70. The molecular weight excluding hydrogens is 705 g/mol. The first-order valence-corrected chi connectivity index (χ1v) is 18.1. The highest BCUT2D eigenvalue weighted by atomic mass is 127. The maximum Gasteiger partial charge on any atom is 0.515 e. The van der Waals surface area contributed by atoms with Crippen LogP contribution in [0.3, 0.4) is 0 Å². The summed E-state index contributed by atoms with van der Waals surface area (Å²) in [5, 5.41) is 5.21. The van der Waals surface area contributed by atoms with E-state index in [1.165, 1.54) is 115 Å². The summed E-state index contributed by atoms with van der Waals surface area (Å²) in [5.74, 6) is -0.430. The number of carbonyl (C=O) groups is 3. The molecule has 1 unspecified atom stereocenters. The monoisotopic (exact) mass is 767 g/mol. The molecule has 0 fully saturated rings. The van der Waals surface area contributed by atoms with Crippen LogP contribution in [0.25, 0.3) is 0 Å². The first-order chi connectivity index (χ1) is 21.3. The van der Waals surface area contributed by atoms with Crippen LogP contribution in [0.4, 0.5) is 14.7 Å². The molecule has 0 aliphatic heterocycles. The zero-order valence-corrected chi connectivity index (χ0v) is 31.8. The highest BCUT2D eigenvalue weighted by molar-refractivity contribution is 7.13. The predicted molar refractivity (Wildman–Crippen MR) is 178 cm³/mol. The number of unbranched alkanes of at least 4 members (excludes halogenated alkanes) is 16. The number of alkyl carbamates (subject to hydrolysis) is 1. The van der Waals surface area contributed by atoms with E-state index in [1.807, 2.05) is 16.9 Å². The molecule has 3 amide bonds. The van der Waals surface area contributed by atoms with Crippen LogP contribution in [0, 0.1) is 6.92 Å². The molecule has 0 spiro atoms. The fourth-order valence-corrected chi connectivity index (χ4v) is 6.09. The summed E-state index contributed by atoms with van der Waals surface area (Å²) in [7, 11) is 1.46. The van der Waals surface area contributed by atoms with Crippen molar-refractivity contribution in [2.24, 2.45) is 0 Å². The van der Waals surface area contributed by atoms with Gasteiger partial charge in [-0.05, 0) is 19.8 Å². The number of imide groups is 1. The van der Waals surface area contributed by atoms with Gasteiger partial charge in [-0.15, -0.1) is 0 Å². The second-order valence-electron chi connectivity index (χ2n) is 11.8. The molecule has 1 atom stereocenters. The largest absolute Gasteiger partial charge is 1.00 e. The molecule has 1 N–H and O–H groups in total. The van der Waals surface area contributed by atoms with Gasteiger partial charge in [0, 0.05) is 26.0 Å². The number of nitrogens with one attached hydrogen (secondary N) is 1. The van der Waals surface area contributed by atoms with Crippen molar-refractivity contribution in [3.05, 3.63) is 11.1 Å². The zero-order valence-electron chi connectivity index (χ0n) is 28.8. The van der Waals surface area contributed by atoms with Crippen LogP contribution < -0.4 is 38.8 Å². The number of methoxy groups -OCH3 is 1. The number of aromatic nitrogens is 1. The molecule has 0 saturated carbocycles. The van der Waals surface area contributed by atoms with Crippen LogP contribution in [-0.4, -0.2) is 51.1 Å². The number of carbonyl (C=O) groups excluding carboxylic acids is 3. The number of amides is 3. The molecule has 1 heterocycles. The molecule has 0 aliphatic rings. The minimum absolute atomic E-state index is 0. The molecule has 262 valence electrons. The van der Waals surface area contributed by atoms with Gasteiger partial charge in [0.15, 0.2) is 0 Å². The van der Waals surface area contributed by atoms with Gasteiger partial charge in [-0.1, -0.05) is 133 Å². The Bertz CT molecular complexity index is 916. The van der Waals surface area contributed by atoms with E-state index < -0.39 is 24.2 Å². The molecule has 11 heteroatoms. The number of hydrogen-bond acceptors (Lipinski definition) is 7. The Kier molecular flexibility index (Phi) is 27.8.